The molecule has 1 aromatic carbocycles. The predicted molar refractivity (Wildman–Crippen MR) is 122 cm³/mol. The Morgan fingerprint density at radius 2 is 1.97 bits per heavy atom. The van der Waals surface area contributed by atoms with E-state index in [0.29, 0.717) is 17.0 Å². The molecule has 8 nitrogen and oxygen atoms in total. The number of anilines is 1. The molecule has 4 rings (SSSR count). The lowest BCUT2D eigenvalue weighted by molar-refractivity contribution is 0.100. The van der Waals surface area contributed by atoms with Crippen LogP contribution in [0.3, 0.4) is 0 Å². The second-order valence-corrected chi connectivity index (χ2v) is 8.78. The van der Waals surface area contributed by atoms with Crippen LogP contribution in [0.4, 0.5) is 9.80 Å². The van der Waals surface area contributed by atoms with E-state index in [9.17, 15) is 9.59 Å². The van der Waals surface area contributed by atoms with Crippen LogP contribution in [0, 0.1) is 0 Å². The van der Waals surface area contributed by atoms with Crippen molar-refractivity contribution in [2.45, 2.75) is 25.8 Å². The van der Waals surface area contributed by atoms with E-state index in [2.05, 4.69) is 41.5 Å². The number of hydrogen-bond acceptors (Lipinski definition) is 5. The lowest BCUT2D eigenvalue weighted by Crippen LogP contribution is -2.25. The number of nitrogens with one attached hydrogen (secondary N) is 1. The third-order valence-electron chi connectivity index (χ3n) is 5.52. The predicted octanol–water partition coefficient (Wildman–Crippen LogP) is 2.47. The highest BCUT2D eigenvalue weighted by Gasteiger charge is 2.29. The van der Waals surface area contributed by atoms with Crippen LogP contribution in [0.15, 0.2) is 36.5 Å². The van der Waals surface area contributed by atoms with Gasteiger partial charge in [0.05, 0.1) is 17.8 Å². The molecule has 162 valence electrons. The highest BCUT2D eigenvalue weighted by molar-refractivity contribution is 7.20. The van der Waals surface area contributed by atoms with E-state index in [1.807, 2.05) is 16.9 Å². The molecule has 3 aromatic rings. The summed E-state index contributed by atoms with van der Waals surface area (Å²) in [7, 11) is 2.12. The van der Waals surface area contributed by atoms with E-state index in [4.69, 9.17) is 16.6 Å². The maximum absolute atomic E-state index is 12.0. The van der Waals surface area contributed by atoms with E-state index in [1.165, 1.54) is 16.9 Å². The van der Waals surface area contributed by atoms with Crippen molar-refractivity contribution in [1.82, 2.24) is 14.7 Å². The lowest BCUT2D eigenvalue weighted by atomic mass is 9.94. The van der Waals surface area contributed by atoms with Gasteiger partial charge in [0.1, 0.15) is 5.00 Å². The van der Waals surface area contributed by atoms with Gasteiger partial charge in [-0.25, -0.2) is 4.79 Å². The Bertz CT molecular complexity index is 1100. The monoisotopic (exact) mass is 438 g/mol. The van der Waals surface area contributed by atoms with Gasteiger partial charge >= 0.3 is 6.03 Å². The number of primary amides is 2. The number of rotatable bonds is 8. The Hall–Kier alpha value is -3.17. The van der Waals surface area contributed by atoms with Crippen molar-refractivity contribution < 1.29 is 9.59 Å². The normalized spacial score (nSPS) is 12.5. The number of urea groups is 1. The summed E-state index contributed by atoms with van der Waals surface area (Å²) in [6, 6.07) is 9.75. The number of benzene rings is 1. The molecule has 0 bridgehead atoms. The van der Waals surface area contributed by atoms with Gasteiger partial charge < -0.3 is 16.4 Å². The third-order valence-corrected chi connectivity index (χ3v) is 6.70. The molecule has 5 N–H and O–H groups in total. The van der Waals surface area contributed by atoms with Gasteiger partial charge in [-0.2, -0.15) is 5.10 Å². The molecular formula is C22H26N6O2S. The van der Waals surface area contributed by atoms with Crippen LogP contribution < -0.4 is 16.8 Å². The molecular weight excluding hydrogens is 412 g/mol. The molecule has 1 aliphatic carbocycles. The number of aryl methyl sites for hydroxylation is 1. The van der Waals surface area contributed by atoms with E-state index in [0.717, 1.165) is 54.2 Å². The maximum atomic E-state index is 12.0. The highest BCUT2D eigenvalue weighted by Crippen LogP contribution is 2.44. The number of carbonyl (C=O) groups is 2. The summed E-state index contributed by atoms with van der Waals surface area (Å²) in [5, 5.41) is 7.70. The number of thiophene rings is 1. The largest absolute Gasteiger partial charge is 0.365 e. The van der Waals surface area contributed by atoms with Gasteiger partial charge in [-0.3, -0.25) is 14.8 Å². The summed E-state index contributed by atoms with van der Waals surface area (Å²) in [5.74, 6) is -0.558. The molecule has 0 unspecified atom stereocenters. The topological polar surface area (TPSA) is 119 Å². The molecule has 0 aliphatic heterocycles. The van der Waals surface area contributed by atoms with Crippen molar-refractivity contribution in [3.63, 3.8) is 0 Å². The fraction of sp³-hybridized carbons (Fsp3) is 0.318. The van der Waals surface area contributed by atoms with Gasteiger partial charge in [0.2, 0.25) is 0 Å². The van der Waals surface area contributed by atoms with Gasteiger partial charge in [-0.05, 0) is 37.4 Å². The molecule has 0 atom stereocenters. The van der Waals surface area contributed by atoms with Crippen LogP contribution in [0.25, 0.3) is 10.4 Å². The minimum Gasteiger partial charge on any atom is -0.365 e. The van der Waals surface area contributed by atoms with Gasteiger partial charge in [0, 0.05) is 29.7 Å². The van der Waals surface area contributed by atoms with Crippen molar-refractivity contribution in [1.29, 1.82) is 0 Å². The van der Waals surface area contributed by atoms with Crippen molar-refractivity contribution in [2.24, 2.45) is 11.5 Å². The molecule has 1 aliphatic rings. The van der Waals surface area contributed by atoms with Crippen LogP contribution in [-0.4, -0.2) is 46.8 Å². The molecule has 0 saturated carbocycles. The van der Waals surface area contributed by atoms with E-state index in [-0.39, 0.29) is 0 Å². The van der Waals surface area contributed by atoms with Crippen LogP contribution in [0.5, 0.6) is 0 Å². The lowest BCUT2D eigenvalue weighted by Gasteiger charge is -2.16. The molecule has 0 spiro atoms. The average Bonchev–Trinajstić information content (AvgIpc) is 3.31. The summed E-state index contributed by atoms with van der Waals surface area (Å²) >= 11 is 1.33. The average molecular weight is 439 g/mol. The molecule has 3 amide bonds. The minimum absolute atomic E-state index is 0.359. The molecule has 0 saturated heterocycles. The Balaban J connectivity index is 1.46. The summed E-state index contributed by atoms with van der Waals surface area (Å²) in [6.45, 7) is 2.63. The van der Waals surface area contributed by atoms with Crippen LogP contribution >= 0.6 is 11.3 Å². The number of hydrogen-bond donors (Lipinski definition) is 3. The van der Waals surface area contributed by atoms with Crippen molar-refractivity contribution in [2.75, 3.05) is 25.5 Å². The zero-order chi connectivity index (χ0) is 22.0. The Kier molecular flexibility index (Phi) is 6.06. The summed E-state index contributed by atoms with van der Waals surface area (Å²) < 4.78 is 1.96. The van der Waals surface area contributed by atoms with Crippen molar-refractivity contribution in [3.05, 3.63) is 58.9 Å². The Morgan fingerprint density at radius 1 is 1.19 bits per heavy atom. The fourth-order valence-corrected chi connectivity index (χ4v) is 5.21. The number of aromatic nitrogens is 2. The van der Waals surface area contributed by atoms with Gasteiger partial charge in [0.25, 0.3) is 5.91 Å². The zero-order valence-electron chi connectivity index (χ0n) is 17.4. The second kappa shape index (κ2) is 8.91. The summed E-state index contributed by atoms with van der Waals surface area (Å²) in [5.41, 5.74) is 15.4. The van der Waals surface area contributed by atoms with Gasteiger partial charge in [-0.15, -0.1) is 11.3 Å². The molecule has 31 heavy (non-hydrogen) atoms. The van der Waals surface area contributed by atoms with Gasteiger partial charge in [-0.1, -0.05) is 30.3 Å². The minimum atomic E-state index is -0.712. The summed E-state index contributed by atoms with van der Waals surface area (Å²) in [6.07, 6.45) is 4.42. The second-order valence-electron chi connectivity index (χ2n) is 7.76. The highest BCUT2D eigenvalue weighted by atomic mass is 32.1. The molecule has 2 aromatic heterocycles. The first-order valence-electron chi connectivity index (χ1n) is 10.2. The van der Waals surface area contributed by atoms with Gasteiger partial charge in [0.15, 0.2) is 0 Å². The van der Waals surface area contributed by atoms with E-state index < -0.39 is 11.9 Å². The summed E-state index contributed by atoms with van der Waals surface area (Å²) in [4.78, 5) is 26.6. The quantitative estimate of drug-likeness (QED) is 0.500. The maximum Gasteiger partial charge on any atom is 0.317 e. The fourth-order valence-electron chi connectivity index (χ4n) is 3.93. The molecule has 0 radical (unpaired) electrons. The van der Waals surface area contributed by atoms with Crippen LogP contribution in [0.2, 0.25) is 0 Å². The third kappa shape index (κ3) is 4.62. The number of amides is 3. The Labute approximate surface area is 184 Å². The molecule has 2 heterocycles. The van der Waals surface area contributed by atoms with Crippen LogP contribution in [-0.2, 0) is 25.8 Å². The standard InChI is InChI=1S/C22H26N6O2S/c1-27(10-9-14-5-3-2-4-6-14)11-12-28-13-16-17(26-28)8-7-15-18(20(23)29)21(25-22(24)30)31-19(15)16/h2-6,13H,7-12H2,1H3,(H2,23,29)(H3,24,25,30). The van der Waals surface area contributed by atoms with E-state index in [1.54, 1.807) is 0 Å². The number of nitrogens with two attached hydrogens (primary N) is 2. The molecule has 0 fully saturated rings. The van der Waals surface area contributed by atoms with Crippen LogP contribution in [0.1, 0.15) is 27.2 Å². The van der Waals surface area contributed by atoms with Crippen molar-refractivity contribution >= 4 is 28.3 Å². The SMILES string of the molecule is CN(CCc1ccccc1)CCn1cc2c(n1)CCc1c-2sc(NC(N)=O)c1C(N)=O. The zero-order valence-corrected chi connectivity index (χ0v) is 18.2. The van der Waals surface area contributed by atoms with Crippen molar-refractivity contribution in [3.8, 4) is 10.4 Å². The first kappa shape index (κ1) is 21.1. The van der Waals surface area contributed by atoms with E-state index >= 15 is 0 Å². The first-order chi connectivity index (χ1) is 14.9. The smallest absolute Gasteiger partial charge is 0.317 e. The Morgan fingerprint density at radius 3 is 2.68 bits per heavy atom. The molecule has 9 heteroatoms. The number of likely N-dealkylation sites (N-methyl/N-ethyl adjacent to an activating group) is 1. The number of nitrogens with zero attached hydrogens (tertiary/aromatic N) is 3. The number of carbonyl (C=O) groups excluding carboxylic acids is 2. The number of fused-ring (bicyclic) bond motifs is 3. The first-order valence-corrected chi connectivity index (χ1v) is 11.0.